The normalized spacial score (nSPS) is 17.3. The maximum Gasteiger partial charge on any atom is 0.264 e. The number of rotatable bonds is 4. The molecule has 1 aliphatic heterocycles. The van der Waals surface area contributed by atoms with Crippen LogP contribution in [-0.2, 0) is 0 Å². The fraction of sp³-hybridized carbons (Fsp3) is 0.400. The Bertz CT molecular complexity index is 820. The Balaban J connectivity index is 1.39. The molecule has 1 aromatic carbocycles. The van der Waals surface area contributed by atoms with Gasteiger partial charge in [-0.1, -0.05) is 6.07 Å². The van der Waals surface area contributed by atoms with Crippen LogP contribution in [0, 0.1) is 0 Å². The second-order valence-electron chi connectivity index (χ2n) is 6.80. The first-order valence-electron chi connectivity index (χ1n) is 8.97. The molecular formula is C20H22N2O3S. The van der Waals surface area contributed by atoms with Crippen molar-refractivity contribution >= 4 is 23.2 Å². The molecular weight excluding hydrogens is 348 g/mol. The zero-order valence-electron chi connectivity index (χ0n) is 14.8. The molecule has 6 heteroatoms. The van der Waals surface area contributed by atoms with E-state index >= 15 is 0 Å². The first-order valence-corrected chi connectivity index (χ1v) is 9.85. The van der Waals surface area contributed by atoms with Crippen LogP contribution in [0.5, 0.6) is 5.75 Å². The number of thiophene rings is 1. The minimum absolute atomic E-state index is 0.00853. The number of carbonyl (C=O) groups is 2. The highest BCUT2D eigenvalue weighted by atomic mass is 32.1. The van der Waals surface area contributed by atoms with Gasteiger partial charge in [0.1, 0.15) is 5.75 Å². The van der Waals surface area contributed by atoms with Crippen molar-refractivity contribution in [2.45, 2.75) is 18.8 Å². The standard InChI is InChI=1S/C20H22N2O3S/c1-25-16-4-2-3-15(13-16)19(23)21-8-10-22(11-9-21)20(24)18-17(7-12-26-18)14-5-6-14/h2-4,7,12-14H,5-6,8-11H2,1H3. The molecule has 1 aromatic heterocycles. The molecule has 2 amide bonds. The minimum Gasteiger partial charge on any atom is -0.497 e. The van der Waals surface area contributed by atoms with Crippen LogP contribution in [0.1, 0.15) is 44.4 Å². The minimum atomic E-state index is -0.00853. The van der Waals surface area contributed by atoms with Crippen molar-refractivity contribution in [1.82, 2.24) is 9.80 Å². The number of amides is 2. The zero-order valence-corrected chi connectivity index (χ0v) is 15.6. The van der Waals surface area contributed by atoms with E-state index in [9.17, 15) is 9.59 Å². The van der Waals surface area contributed by atoms with E-state index in [1.807, 2.05) is 27.3 Å². The van der Waals surface area contributed by atoms with E-state index in [4.69, 9.17) is 4.74 Å². The van der Waals surface area contributed by atoms with Crippen molar-refractivity contribution in [2.24, 2.45) is 0 Å². The predicted octanol–water partition coefficient (Wildman–Crippen LogP) is 3.23. The number of hydrogen-bond acceptors (Lipinski definition) is 4. The summed E-state index contributed by atoms with van der Waals surface area (Å²) in [5.41, 5.74) is 1.84. The fourth-order valence-electron chi connectivity index (χ4n) is 3.40. The molecule has 0 unspecified atom stereocenters. The van der Waals surface area contributed by atoms with Gasteiger partial charge in [0.2, 0.25) is 0 Å². The summed E-state index contributed by atoms with van der Waals surface area (Å²) in [7, 11) is 1.59. The molecule has 0 N–H and O–H groups in total. The highest BCUT2D eigenvalue weighted by Gasteiger charge is 2.32. The highest BCUT2D eigenvalue weighted by molar-refractivity contribution is 7.12. The fourth-order valence-corrected chi connectivity index (χ4v) is 4.36. The van der Waals surface area contributed by atoms with E-state index in [1.54, 1.807) is 30.6 Å². The van der Waals surface area contributed by atoms with Gasteiger partial charge >= 0.3 is 0 Å². The third kappa shape index (κ3) is 3.33. The zero-order chi connectivity index (χ0) is 18.1. The number of piperazine rings is 1. The van der Waals surface area contributed by atoms with E-state index in [0.29, 0.717) is 43.4 Å². The van der Waals surface area contributed by atoms with Gasteiger partial charge in [0, 0.05) is 31.7 Å². The lowest BCUT2D eigenvalue weighted by Crippen LogP contribution is -2.50. The smallest absolute Gasteiger partial charge is 0.264 e. The van der Waals surface area contributed by atoms with Crippen molar-refractivity contribution in [3.8, 4) is 5.75 Å². The molecule has 2 aliphatic rings. The van der Waals surface area contributed by atoms with Crippen molar-refractivity contribution in [3.63, 3.8) is 0 Å². The average Bonchev–Trinajstić information content (AvgIpc) is 3.43. The average molecular weight is 370 g/mol. The molecule has 0 radical (unpaired) electrons. The third-order valence-corrected chi connectivity index (χ3v) is 6.00. The van der Waals surface area contributed by atoms with Crippen LogP contribution in [0.25, 0.3) is 0 Å². The third-order valence-electron chi connectivity index (χ3n) is 5.08. The van der Waals surface area contributed by atoms with Crippen LogP contribution in [0.15, 0.2) is 35.7 Å². The van der Waals surface area contributed by atoms with Gasteiger partial charge in [-0.2, -0.15) is 0 Å². The first-order chi connectivity index (χ1) is 12.7. The molecule has 2 heterocycles. The second-order valence-corrected chi connectivity index (χ2v) is 7.71. The Hall–Kier alpha value is -2.34. The molecule has 4 rings (SSSR count). The number of carbonyl (C=O) groups excluding carboxylic acids is 2. The summed E-state index contributed by atoms with van der Waals surface area (Å²) in [6.07, 6.45) is 2.39. The van der Waals surface area contributed by atoms with Crippen LogP contribution in [0.3, 0.4) is 0 Å². The van der Waals surface area contributed by atoms with Crippen LogP contribution in [0.4, 0.5) is 0 Å². The van der Waals surface area contributed by atoms with Crippen LogP contribution in [-0.4, -0.2) is 54.9 Å². The van der Waals surface area contributed by atoms with E-state index in [-0.39, 0.29) is 11.8 Å². The Kier molecular flexibility index (Phi) is 4.68. The van der Waals surface area contributed by atoms with Crippen molar-refractivity contribution in [2.75, 3.05) is 33.3 Å². The maximum atomic E-state index is 12.9. The van der Waals surface area contributed by atoms with E-state index in [0.717, 1.165) is 4.88 Å². The molecule has 5 nitrogen and oxygen atoms in total. The van der Waals surface area contributed by atoms with Gasteiger partial charge in [0.15, 0.2) is 0 Å². The molecule has 1 saturated heterocycles. The van der Waals surface area contributed by atoms with Crippen molar-refractivity contribution in [1.29, 1.82) is 0 Å². The molecule has 136 valence electrons. The quantitative estimate of drug-likeness (QED) is 0.830. The summed E-state index contributed by atoms with van der Waals surface area (Å²) < 4.78 is 5.20. The first kappa shape index (κ1) is 17.1. The van der Waals surface area contributed by atoms with E-state index in [1.165, 1.54) is 18.4 Å². The van der Waals surface area contributed by atoms with Gasteiger partial charge in [-0.25, -0.2) is 0 Å². The molecule has 1 saturated carbocycles. The Labute approximate surface area is 157 Å². The number of benzene rings is 1. The number of ether oxygens (including phenoxy) is 1. The van der Waals surface area contributed by atoms with Gasteiger partial charge in [0.25, 0.3) is 11.8 Å². The van der Waals surface area contributed by atoms with Gasteiger partial charge < -0.3 is 14.5 Å². The molecule has 0 atom stereocenters. The number of methoxy groups -OCH3 is 1. The summed E-state index contributed by atoms with van der Waals surface area (Å²) >= 11 is 1.54. The summed E-state index contributed by atoms with van der Waals surface area (Å²) in [5, 5.41) is 2.02. The second kappa shape index (κ2) is 7.11. The highest BCUT2D eigenvalue weighted by Crippen LogP contribution is 2.43. The van der Waals surface area contributed by atoms with Gasteiger partial charge in [-0.05, 0) is 54.0 Å². The van der Waals surface area contributed by atoms with Crippen molar-refractivity contribution < 1.29 is 14.3 Å². The van der Waals surface area contributed by atoms with Crippen LogP contribution < -0.4 is 4.74 Å². The summed E-state index contributed by atoms with van der Waals surface area (Å²) in [6.45, 7) is 2.28. The monoisotopic (exact) mass is 370 g/mol. The van der Waals surface area contributed by atoms with Gasteiger partial charge in [-0.15, -0.1) is 11.3 Å². The van der Waals surface area contributed by atoms with Gasteiger partial charge in [0.05, 0.1) is 12.0 Å². The largest absolute Gasteiger partial charge is 0.497 e. The molecule has 0 spiro atoms. The van der Waals surface area contributed by atoms with E-state index in [2.05, 4.69) is 6.07 Å². The lowest BCUT2D eigenvalue weighted by atomic mass is 10.1. The molecule has 2 aromatic rings. The maximum absolute atomic E-state index is 12.9. The number of nitrogens with zero attached hydrogens (tertiary/aromatic N) is 2. The Morgan fingerprint density at radius 2 is 1.73 bits per heavy atom. The summed E-state index contributed by atoms with van der Waals surface area (Å²) in [6, 6.07) is 9.30. The Morgan fingerprint density at radius 3 is 2.38 bits per heavy atom. The molecule has 0 bridgehead atoms. The Morgan fingerprint density at radius 1 is 1.04 bits per heavy atom. The van der Waals surface area contributed by atoms with Gasteiger partial charge in [-0.3, -0.25) is 9.59 Å². The molecule has 2 fully saturated rings. The number of hydrogen-bond donors (Lipinski definition) is 0. The lowest BCUT2D eigenvalue weighted by Gasteiger charge is -2.34. The lowest BCUT2D eigenvalue weighted by molar-refractivity contribution is 0.0537. The topological polar surface area (TPSA) is 49.9 Å². The van der Waals surface area contributed by atoms with E-state index < -0.39 is 0 Å². The predicted molar refractivity (Wildman–Crippen MR) is 101 cm³/mol. The SMILES string of the molecule is COc1cccc(C(=O)N2CCN(C(=O)c3sccc3C3CC3)CC2)c1. The molecule has 26 heavy (non-hydrogen) atoms. The molecule has 1 aliphatic carbocycles. The van der Waals surface area contributed by atoms with Crippen molar-refractivity contribution in [3.05, 3.63) is 51.7 Å². The summed E-state index contributed by atoms with van der Waals surface area (Å²) in [5.74, 6) is 1.37. The van der Waals surface area contributed by atoms with Crippen LogP contribution >= 0.6 is 11.3 Å². The summed E-state index contributed by atoms with van der Waals surface area (Å²) in [4.78, 5) is 30.1. The van der Waals surface area contributed by atoms with Crippen LogP contribution in [0.2, 0.25) is 0 Å².